The lowest BCUT2D eigenvalue weighted by Crippen LogP contribution is -2.47. The topological polar surface area (TPSA) is 60.0 Å². The zero-order chi connectivity index (χ0) is 19.8. The highest BCUT2D eigenvalue weighted by Gasteiger charge is 2.21. The van der Waals surface area contributed by atoms with Crippen LogP contribution in [0, 0.1) is 0 Å². The number of carbonyl (C=O) groups is 1. The van der Waals surface area contributed by atoms with E-state index < -0.39 is 0 Å². The third kappa shape index (κ3) is 5.47. The Morgan fingerprint density at radius 2 is 2.04 bits per heavy atom. The molecule has 0 aromatic heterocycles. The monoisotopic (exact) mass is 384 g/mol. The van der Waals surface area contributed by atoms with Gasteiger partial charge in [-0.25, -0.2) is 0 Å². The third-order valence-corrected chi connectivity index (χ3v) is 4.69. The number of hydrogen-bond donors (Lipinski definition) is 1. The first-order valence-electron chi connectivity index (χ1n) is 9.66. The maximum absolute atomic E-state index is 12.5. The van der Waals surface area contributed by atoms with E-state index in [0.29, 0.717) is 36.8 Å². The Balaban J connectivity index is 1.52. The van der Waals surface area contributed by atoms with E-state index >= 15 is 0 Å². The van der Waals surface area contributed by atoms with Crippen molar-refractivity contribution in [1.29, 1.82) is 0 Å². The van der Waals surface area contributed by atoms with Crippen LogP contribution in [-0.4, -0.2) is 56.9 Å². The molecule has 0 bridgehead atoms. The molecule has 1 heterocycles. The van der Waals surface area contributed by atoms with Gasteiger partial charge in [0, 0.05) is 31.7 Å². The molecule has 1 N–H and O–H groups in total. The van der Waals surface area contributed by atoms with Crippen LogP contribution in [0.3, 0.4) is 0 Å². The number of amides is 1. The number of nitrogens with one attached hydrogen (secondary N) is 1. The minimum Gasteiger partial charge on any atom is -0.493 e. The van der Waals surface area contributed by atoms with Crippen LogP contribution in [0.25, 0.3) is 0 Å². The number of carbonyl (C=O) groups excluding carboxylic acids is 1. The number of rotatable bonds is 8. The molecule has 150 valence electrons. The van der Waals surface area contributed by atoms with Gasteiger partial charge in [-0.1, -0.05) is 30.3 Å². The van der Waals surface area contributed by atoms with Crippen molar-refractivity contribution in [3.8, 4) is 11.5 Å². The van der Waals surface area contributed by atoms with E-state index in [9.17, 15) is 4.79 Å². The fourth-order valence-electron chi connectivity index (χ4n) is 3.28. The smallest absolute Gasteiger partial charge is 0.251 e. The zero-order valence-corrected chi connectivity index (χ0v) is 16.5. The summed E-state index contributed by atoms with van der Waals surface area (Å²) in [5.41, 5.74) is 1.82. The quantitative estimate of drug-likeness (QED) is 0.758. The Morgan fingerprint density at radius 1 is 1.21 bits per heavy atom. The molecule has 1 atom stereocenters. The molecule has 0 radical (unpaired) electrons. The van der Waals surface area contributed by atoms with Gasteiger partial charge in [-0.15, -0.1) is 0 Å². The summed E-state index contributed by atoms with van der Waals surface area (Å²) in [5, 5.41) is 2.97. The molecule has 1 saturated heterocycles. The van der Waals surface area contributed by atoms with Crippen molar-refractivity contribution in [2.24, 2.45) is 0 Å². The van der Waals surface area contributed by atoms with Gasteiger partial charge < -0.3 is 19.5 Å². The molecule has 1 unspecified atom stereocenters. The van der Waals surface area contributed by atoms with E-state index in [1.54, 1.807) is 25.3 Å². The van der Waals surface area contributed by atoms with Crippen LogP contribution >= 0.6 is 0 Å². The van der Waals surface area contributed by atoms with E-state index in [2.05, 4.69) is 34.5 Å². The Labute approximate surface area is 166 Å². The summed E-state index contributed by atoms with van der Waals surface area (Å²) in [5.74, 6) is 1.04. The molecular weight excluding hydrogens is 356 g/mol. The summed E-state index contributed by atoms with van der Waals surface area (Å²) in [4.78, 5) is 14.9. The second-order valence-corrected chi connectivity index (χ2v) is 6.72. The maximum atomic E-state index is 12.5. The lowest BCUT2D eigenvalue weighted by Gasteiger charge is -2.33. The molecule has 6 nitrogen and oxygen atoms in total. The van der Waals surface area contributed by atoms with Crippen LogP contribution in [0.2, 0.25) is 0 Å². The third-order valence-electron chi connectivity index (χ3n) is 4.69. The molecule has 1 aliphatic heterocycles. The first-order valence-corrected chi connectivity index (χ1v) is 9.66. The van der Waals surface area contributed by atoms with Crippen LogP contribution in [-0.2, 0) is 11.3 Å². The second kappa shape index (κ2) is 10.1. The highest BCUT2D eigenvalue weighted by molar-refractivity contribution is 5.94. The van der Waals surface area contributed by atoms with Gasteiger partial charge in [-0.05, 0) is 30.7 Å². The van der Waals surface area contributed by atoms with Crippen LogP contribution in [0.4, 0.5) is 0 Å². The highest BCUT2D eigenvalue weighted by Crippen LogP contribution is 2.28. The predicted octanol–water partition coefficient (Wildman–Crippen LogP) is 2.72. The number of morpholine rings is 1. The molecule has 0 spiro atoms. The van der Waals surface area contributed by atoms with Gasteiger partial charge in [0.15, 0.2) is 11.5 Å². The van der Waals surface area contributed by atoms with E-state index in [-0.39, 0.29) is 12.0 Å². The molecule has 1 aliphatic rings. The summed E-state index contributed by atoms with van der Waals surface area (Å²) in [6.45, 7) is 6.18. The van der Waals surface area contributed by atoms with Crippen molar-refractivity contribution < 1.29 is 19.0 Å². The van der Waals surface area contributed by atoms with E-state index in [1.807, 2.05) is 13.0 Å². The van der Waals surface area contributed by atoms with Gasteiger partial charge in [0.25, 0.3) is 5.91 Å². The highest BCUT2D eigenvalue weighted by atomic mass is 16.5. The molecule has 2 aromatic rings. The average Bonchev–Trinajstić information content (AvgIpc) is 2.73. The number of ether oxygens (including phenoxy) is 3. The fourth-order valence-corrected chi connectivity index (χ4v) is 3.28. The average molecular weight is 384 g/mol. The van der Waals surface area contributed by atoms with Gasteiger partial charge in [0.1, 0.15) is 0 Å². The lowest BCUT2D eigenvalue weighted by atomic mass is 10.1. The Morgan fingerprint density at radius 3 is 2.79 bits per heavy atom. The number of benzene rings is 2. The van der Waals surface area contributed by atoms with Gasteiger partial charge in [-0.3, -0.25) is 9.69 Å². The zero-order valence-electron chi connectivity index (χ0n) is 16.5. The summed E-state index contributed by atoms with van der Waals surface area (Å²) in [6, 6.07) is 15.6. The molecule has 0 saturated carbocycles. The summed E-state index contributed by atoms with van der Waals surface area (Å²) >= 11 is 0. The van der Waals surface area contributed by atoms with Gasteiger partial charge in [0.2, 0.25) is 0 Å². The SMILES string of the molecule is CCOc1ccc(C(=O)NCC2CN(Cc3ccccc3)CCO2)cc1OC. The van der Waals surface area contributed by atoms with E-state index in [4.69, 9.17) is 14.2 Å². The van der Waals surface area contributed by atoms with Crippen molar-refractivity contribution in [2.75, 3.05) is 40.0 Å². The Kier molecular flexibility index (Phi) is 7.28. The molecule has 2 aromatic carbocycles. The van der Waals surface area contributed by atoms with E-state index in [1.165, 1.54) is 5.56 Å². The first kappa shape index (κ1) is 20.2. The van der Waals surface area contributed by atoms with E-state index in [0.717, 1.165) is 19.6 Å². The van der Waals surface area contributed by atoms with Crippen LogP contribution < -0.4 is 14.8 Å². The van der Waals surface area contributed by atoms with Crippen molar-refractivity contribution >= 4 is 5.91 Å². The summed E-state index contributed by atoms with van der Waals surface area (Å²) < 4.78 is 16.6. The molecule has 0 aliphatic carbocycles. The fraction of sp³-hybridized carbons (Fsp3) is 0.409. The van der Waals surface area contributed by atoms with Crippen molar-refractivity contribution in [2.45, 2.75) is 19.6 Å². The van der Waals surface area contributed by atoms with Crippen LogP contribution in [0.5, 0.6) is 11.5 Å². The largest absolute Gasteiger partial charge is 0.493 e. The Hall–Kier alpha value is -2.57. The molecule has 28 heavy (non-hydrogen) atoms. The normalized spacial score (nSPS) is 17.1. The summed E-state index contributed by atoms with van der Waals surface area (Å²) in [6.07, 6.45) is -0.0222. The molecule has 3 rings (SSSR count). The van der Waals surface area contributed by atoms with Crippen LogP contribution in [0.1, 0.15) is 22.8 Å². The van der Waals surface area contributed by atoms with Gasteiger partial charge >= 0.3 is 0 Å². The summed E-state index contributed by atoms with van der Waals surface area (Å²) in [7, 11) is 1.57. The molecule has 6 heteroatoms. The molecular formula is C22H28N2O4. The first-order chi connectivity index (χ1) is 13.7. The van der Waals surface area contributed by atoms with Gasteiger partial charge in [0.05, 0.1) is 26.4 Å². The van der Waals surface area contributed by atoms with Crippen LogP contribution in [0.15, 0.2) is 48.5 Å². The maximum Gasteiger partial charge on any atom is 0.251 e. The number of nitrogens with zero attached hydrogens (tertiary/aromatic N) is 1. The predicted molar refractivity (Wildman–Crippen MR) is 108 cm³/mol. The second-order valence-electron chi connectivity index (χ2n) is 6.72. The lowest BCUT2D eigenvalue weighted by molar-refractivity contribution is -0.0292. The van der Waals surface area contributed by atoms with Gasteiger partial charge in [-0.2, -0.15) is 0 Å². The number of methoxy groups -OCH3 is 1. The van der Waals surface area contributed by atoms with Crippen molar-refractivity contribution in [1.82, 2.24) is 10.2 Å². The molecule has 1 amide bonds. The molecule has 1 fully saturated rings. The number of hydrogen-bond acceptors (Lipinski definition) is 5. The minimum absolute atomic E-state index is 0.0222. The Bertz CT molecular complexity index is 766. The van der Waals surface area contributed by atoms with Crippen molar-refractivity contribution in [3.05, 3.63) is 59.7 Å². The standard InChI is InChI=1S/C22H28N2O4/c1-3-27-20-10-9-18(13-21(20)26-2)22(25)23-14-19-16-24(11-12-28-19)15-17-7-5-4-6-8-17/h4-10,13,19H,3,11-12,14-16H2,1-2H3,(H,23,25). The van der Waals surface area contributed by atoms with Crippen molar-refractivity contribution in [3.63, 3.8) is 0 Å². The minimum atomic E-state index is -0.148.